The first kappa shape index (κ1) is 22.0. The van der Waals surface area contributed by atoms with Crippen molar-refractivity contribution >= 4 is 22.0 Å². The van der Waals surface area contributed by atoms with Crippen LogP contribution in [0.3, 0.4) is 0 Å². The van der Waals surface area contributed by atoms with Gasteiger partial charge in [0.1, 0.15) is 0 Å². The molecule has 6 nitrogen and oxygen atoms in total. The molecule has 0 unspecified atom stereocenters. The molecule has 1 aromatic rings. The van der Waals surface area contributed by atoms with Crippen LogP contribution in [0.15, 0.2) is 35.2 Å². The SMILES string of the molecule is O=C(/C=C/c1ccc(S(=O)(=O)N2CCCCCC2)cc1)NCCCOCC1CC1. The second-order valence-corrected chi connectivity index (χ2v) is 9.82. The smallest absolute Gasteiger partial charge is 0.244 e. The van der Waals surface area contributed by atoms with Crippen molar-refractivity contribution in [3.63, 3.8) is 0 Å². The first-order valence-corrected chi connectivity index (χ1v) is 12.1. The fraction of sp³-hybridized carbons (Fsp3) is 0.591. The van der Waals surface area contributed by atoms with Gasteiger partial charge in [-0.3, -0.25) is 4.79 Å². The molecular weight excluding hydrogens is 388 g/mol. The van der Waals surface area contributed by atoms with Gasteiger partial charge in [-0.05, 0) is 61.8 Å². The van der Waals surface area contributed by atoms with Gasteiger partial charge in [0.15, 0.2) is 0 Å². The van der Waals surface area contributed by atoms with Crippen molar-refractivity contribution < 1.29 is 17.9 Å². The molecule has 1 aliphatic carbocycles. The number of nitrogens with zero attached hydrogens (tertiary/aromatic N) is 1. The van der Waals surface area contributed by atoms with Gasteiger partial charge in [-0.15, -0.1) is 0 Å². The summed E-state index contributed by atoms with van der Waals surface area (Å²) in [5.41, 5.74) is 0.794. The fourth-order valence-corrected chi connectivity index (χ4v) is 4.85. The first-order valence-electron chi connectivity index (χ1n) is 10.7. The third-order valence-corrected chi connectivity index (χ3v) is 7.24. The van der Waals surface area contributed by atoms with E-state index in [1.807, 2.05) is 0 Å². The molecule has 1 amide bonds. The molecule has 0 bridgehead atoms. The quantitative estimate of drug-likeness (QED) is 0.466. The largest absolute Gasteiger partial charge is 0.381 e. The van der Waals surface area contributed by atoms with Gasteiger partial charge in [-0.25, -0.2) is 8.42 Å². The van der Waals surface area contributed by atoms with Gasteiger partial charge >= 0.3 is 0 Å². The van der Waals surface area contributed by atoms with Crippen molar-refractivity contribution in [1.29, 1.82) is 0 Å². The van der Waals surface area contributed by atoms with Gasteiger partial charge in [-0.1, -0.05) is 25.0 Å². The van der Waals surface area contributed by atoms with Crippen LogP contribution >= 0.6 is 0 Å². The lowest BCUT2D eigenvalue weighted by Gasteiger charge is -2.19. The minimum atomic E-state index is -3.44. The number of rotatable bonds is 10. The molecule has 0 atom stereocenters. The van der Waals surface area contributed by atoms with Crippen LogP contribution < -0.4 is 5.32 Å². The average molecular weight is 421 g/mol. The Labute approximate surface area is 174 Å². The molecule has 1 saturated carbocycles. The molecule has 1 aliphatic heterocycles. The van der Waals surface area contributed by atoms with E-state index in [2.05, 4.69) is 5.32 Å². The zero-order chi connectivity index (χ0) is 20.5. The second-order valence-electron chi connectivity index (χ2n) is 7.88. The van der Waals surface area contributed by atoms with Crippen LogP contribution in [-0.4, -0.2) is 51.5 Å². The lowest BCUT2D eigenvalue weighted by atomic mass is 10.2. The van der Waals surface area contributed by atoms with E-state index in [-0.39, 0.29) is 5.91 Å². The van der Waals surface area contributed by atoms with E-state index in [4.69, 9.17) is 4.74 Å². The standard InChI is InChI=1S/C22H32N2O4S/c25-22(23-14-5-17-28-18-20-6-7-20)13-10-19-8-11-21(12-9-19)29(26,27)24-15-3-1-2-4-16-24/h8-13,20H,1-7,14-18H2,(H,23,25)/b13-10+. The molecule has 1 saturated heterocycles. The molecule has 0 aromatic heterocycles. The number of carbonyl (C=O) groups is 1. The highest BCUT2D eigenvalue weighted by molar-refractivity contribution is 7.89. The molecule has 160 valence electrons. The predicted molar refractivity (Wildman–Crippen MR) is 114 cm³/mol. The predicted octanol–water partition coefficient (Wildman–Crippen LogP) is 3.20. The number of hydrogen-bond donors (Lipinski definition) is 1. The van der Waals surface area contributed by atoms with Crippen molar-refractivity contribution in [2.45, 2.75) is 49.8 Å². The second kappa shape index (κ2) is 10.9. The molecule has 0 radical (unpaired) electrons. The Balaban J connectivity index is 1.43. The van der Waals surface area contributed by atoms with Gasteiger partial charge in [0.2, 0.25) is 15.9 Å². The monoisotopic (exact) mass is 420 g/mol. The third kappa shape index (κ3) is 7.24. The van der Waals surface area contributed by atoms with Gasteiger partial charge in [0.25, 0.3) is 0 Å². The summed E-state index contributed by atoms with van der Waals surface area (Å²) >= 11 is 0. The van der Waals surface area contributed by atoms with Crippen molar-refractivity contribution in [3.8, 4) is 0 Å². The van der Waals surface area contributed by atoms with E-state index in [0.717, 1.165) is 50.2 Å². The lowest BCUT2D eigenvalue weighted by molar-refractivity contribution is -0.116. The summed E-state index contributed by atoms with van der Waals surface area (Å²) in [5, 5.41) is 2.83. The van der Waals surface area contributed by atoms with Gasteiger partial charge in [-0.2, -0.15) is 4.31 Å². The van der Waals surface area contributed by atoms with Gasteiger partial charge in [0.05, 0.1) is 4.90 Å². The number of sulfonamides is 1. The molecule has 29 heavy (non-hydrogen) atoms. The topological polar surface area (TPSA) is 75.7 Å². The first-order chi connectivity index (χ1) is 14.1. The zero-order valence-electron chi connectivity index (χ0n) is 17.0. The van der Waals surface area contributed by atoms with E-state index >= 15 is 0 Å². The van der Waals surface area contributed by atoms with Crippen LogP contribution in [0.4, 0.5) is 0 Å². The molecule has 7 heteroatoms. The van der Waals surface area contributed by atoms with E-state index in [0.29, 0.717) is 31.1 Å². The summed E-state index contributed by atoms with van der Waals surface area (Å²) in [6.07, 6.45) is 10.6. The van der Waals surface area contributed by atoms with Crippen LogP contribution in [0.5, 0.6) is 0 Å². The molecule has 1 N–H and O–H groups in total. The van der Waals surface area contributed by atoms with Crippen molar-refractivity contribution in [1.82, 2.24) is 9.62 Å². The maximum Gasteiger partial charge on any atom is 0.244 e. The molecule has 2 fully saturated rings. The van der Waals surface area contributed by atoms with Crippen molar-refractivity contribution in [2.75, 3.05) is 32.8 Å². The van der Waals surface area contributed by atoms with E-state index in [9.17, 15) is 13.2 Å². The Bertz CT molecular complexity index is 778. The highest BCUT2D eigenvalue weighted by Gasteiger charge is 2.24. The highest BCUT2D eigenvalue weighted by atomic mass is 32.2. The Morgan fingerprint density at radius 2 is 1.79 bits per heavy atom. The summed E-state index contributed by atoms with van der Waals surface area (Å²) in [5.74, 6) is 0.603. The normalized spacial score (nSPS) is 18.6. The molecule has 0 spiro atoms. The minimum absolute atomic E-state index is 0.159. The summed E-state index contributed by atoms with van der Waals surface area (Å²) in [4.78, 5) is 12.2. The number of ether oxygens (including phenoxy) is 1. The van der Waals surface area contributed by atoms with E-state index in [1.54, 1.807) is 34.6 Å². The number of benzene rings is 1. The van der Waals surface area contributed by atoms with E-state index in [1.165, 1.54) is 18.9 Å². The van der Waals surface area contributed by atoms with Gasteiger partial charge < -0.3 is 10.1 Å². The summed E-state index contributed by atoms with van der Waals surface area (Å²) in [7, 11) is -3.44. The van der Waals surface area contributed by atoms with Crippen molar-refractivity contribution in [2.24, 2.45) is 5.92 Å². The number of amides is 1. The fourth-order valence-electron chi connectivity index (χ4n) is 3.33. The van der Waals surface area contributed by atoms with Crippen LogP contribution in [0.2, 0.25) is 0 Å². The maximum atomic E-state index is 12.8. The minimum Gasteiger partial charge on any atom is -0.381 e. The molecule has 1 aromatic carbocycles. The number of nitrogens with one attached hydrogen (secondary N) is 1. The lowest BCUT2D eigenvalue weighted by Crippen LogP contribution is -2.31. The van der Waals surface area contributed by atoms with Gasteiger partial charge in [0, 0.05) is 38.9 Å². The third-order valence-electron chi connectivity index (χ3n) is 5.33. The van der Waals surface area contributed by atoms with E-state index < -0.39 is 10.0 Å². The number of carbonyl (C=O) groups excluding carboxylic acids is 1. The summed E-state index contributed by atoms with van der Waals surface area (Å²) in [6.45, 7) is 3.29. The van der Waals surface area contributed by atoms with Crippen molar-refractivity contribution in [3.05, 3.63) is 35.9 Å². The number of hydrogen-bond acceptors (Lipinski definition) is 4. The van der Waals surface area contributed by atoms with Crippen LogP contribution in [0.1, 0.15) is 50.5 Å². The summed E-state index contributed by atoms with van der Waals surface area (Å²) in [6, 6.07) is 6.71. The molecule has 1 heterocycles. The van der Waals surface area contributed by atoms with Crippen LogP contribution in [0.25, 0.3) is 6.08 Å². The Morgan fingerprint density at radius 3 is 2.45 bits per heavy atom. The molecule has 2 aliphatic rings. The molecule has 3 rings (SSSR count). The van der Waals surface area contributed by atoms with Crippen LogP contribution in [0, 0.1) is 5.92 Å². The Hall–Kier alpha value is -1.70. The van der Waals surface area contributed by atoms with Crippen LogP contribution in [-0.2, 0) is 19.6 Å². The Morgan fingerprint density at radius 1 is 1.10 bits per heavy atom. The summed E-state index contributed by atoms with van der Waals surface area (Å²) < 4.78 is 32.7. The average Bonchev–Trinajstić information content (AvgIpc) is 3.56. The zero-order valence-corrected chi connectivity index (χ0v) is 17.8. The maximum absolute atomic E-state index is 12.8. The molecular formula is C22H32N2O4S. The Kier molecular flexibility index (Phi) is 8.27. The highest BCUT2D eigenvalue weighted by Crippen LogP contribution is 2.28.